The first-order chi connectivity index (χ1) is 12.0. The molecule has 1 fully saturated rings. The molecule has 136 valence electrons. The Morgan fingerprint density at radius 1 is 1.28 bits per heavy atom. The fourth-order valence-corrected chi connectivity index (χ4v) is 2.50. The number of ether oxygens (including phenoxy) is 1. The van der Waals surface area contributed by atoms with Crippen molar-refractivity contribution < 1.29 is 23.1 Å². The van der Waals surface area contributed by atoms with Gasteiger partial charge in [-0.3, -0.25) is 9.59 Å². The molecule has 1 N–H and O–H groups in total. The zero-order chi connectivity index (χ0) is 18.2. The van der Waals surface area contributed by atoms with Crippen LogP contribution in [0.5, 0.6) is 5.75 Å². The lowest BCUT2D eigenvalue weighted by Gasteiger charge is -2.19. The first-order valence-electron chi connectivity index (χ1n) is 8.12. The van der Waals surface area contributed by atoms with E-state index in [2.05, 4.69) is 15.3 Å². The van der Waals surface area contributed by atoms with Crippen molar-refractivity contribution in [2.75, 3.05) is 13.1 Å². The summed E-state index contributed by atoms with van der Waals surface area (Å²) >= 11 is 0. The van der Waals surface area contributed by atoms with Crippen molar-refractivity contribution in [3.05, 3.63) is 29.8 Å². The first kappa shape index (κ1) is 18.8. The second-order valence-corrected chi connectivity index (χ2v) is 5.76. The summed E-state index contributed by atoms with van der Waals surface area (Å²) in [6, 6.07) is 5.94. The fraction of sp³-hybridized carbons (Fsp3) is 0.471. The predicted octanol–water partition coefficient (Wildman–Crippen LogP) is 2.53. The van der Waals surface area contributed by atoms with Gasteiger partial charge in [0, 0.05) is 13.0 Å². The maximum atomic E-state index is 12.1. The summed E-state index contributed by atoms with van der Waals surface area (Å²) in [5.74, 6) is -0.328. The highest BCUT2D eigenvalue weighted by molar-refractivity contribution is 5.99. The lowest BCUT2D eigenvalue weighted by atomic mass is 10.1. The Balaban J connectivity index is 1.89. The molecule has 0 atom stereocenters. The molecule has 1 aromatic carbocycles. The van der Waals surface area contributed by atoms with Crippen molar-refractivity contribution >= 4 is 17.5 Å². The number of halogens is 2. The number of rotatable bonds is 6. The summed E-state index contributed by atoms with van der Waals surface area (Å²) < 4.78 is 28.5. The fourth-order valence-electron chi connectivity index (χ4n) is 2.50. The number of hydrogen-bond acceptors (Lipinski definition) is 4. The molecule has 1 aliphatic heterocycles. The summed E-state index contributed by atoms with van der Waals surface area (Å²) in [6.07, 6.45) is 3.23. The molecule has 0 bridgehead atoms. The lowest BCUT2D eigenvalue weighted by Crippen LogP contribution is -2.39. The zero-order valence-electron chi connectivity index (χ0n) is 14.0. The number of carbonyl (C=O) groups excluding carboxylic acids is 2. The van der Waals surface area contributed by atoms with E-state index in [9.17, 15) is 18.4 Å². The van der Waals surface area contributed by atoms with Crippen LogP contribution >= 0.6 is 0 Å². The smallest absolute Gasteiger partial charge is 0.387 e. The van der Waals surface area contributed by atoms with E-state index in [0.717, 1.165) is 19.3 Å². The van der Waals surface area contributed by atoms with Crippen molar-refractivity contribution in [2.45, 2.75) is 39.2 Å². The maximum Gasteiger partial charge on any atom is 0.387 e. The van der Waals surface area contributed by atoms with Gasteiger partial charge in [0.05, 0.1) is 5.71 Å². The average Bonchev–Trinajstić information content (AvgIpc) is 2.77. The van der Waals surface area contributed by atoms with E-state index in [1.165, 1.54) is 12.1 Å². The van der Waals surface area contributed by atoms with Crippen LogP contribution in [0.4, 0.5) is 8.78 Å². The average molecular weight is 353 g/mol. The van der Waals surface area contributed by atoms with Crippen LogP contribution in [0.3, 0.4) is 0 Å². The Labute approximate surface area is 144 Å². The number of benzene rings is 1. The van der Waals surface area contributed by atoms with Crippen LogP contribution in [0.1, 0.15) is 38.2 Å². The van der Waals surface area contributed by atoms with Gasteiger partial charge >= 0.3 is 6.61 Å². The van der Waals surface area contributed by atoms with Crippen LogP contribution in [0.25, 0.3) is 0 Å². The van der Waals surface area contributed by atoms with E-state index in [4.69, 9.17) is 0 Å². The normalized spacial score (nSPS) is 15.9. The van der Waals surface area contributed by atoms with Crippen molar-refractivity contribution in [2.24, 2.45) is 5.10 Å². The number of amides is 2. The highest BCUT2D eigenvalue weighted by atomic mass is 19.3. The van der Waals surface area contributed by atoms with Crippen LogP contribution < -0.4 is 10.2 Å². The zero-order valence-corrected chi connectivity index (χ0v) is 14.0. The third kappa shape index (κ3) is 6.13. The molecule has 0 aromatic heterocycles. The van der Waals surface area contributed by atoms with Gasteiger partial charge in [0.2, 0.25) is 5.91 Å². The number of hydrazone groups is 1. The Morgan fingerprint density at radius 2 is 2.00 bits per heavy atom. The maximum absolute atomic E-state index is 12.1. The van der Waals surface area contributed by atoms with Gasteiger partial charge in [-0.2, -0.15) is 13.9 Å². The van der Waals surface area contributed by atoms with Gasteiger partial charge in [0.25, 0.3) is 5.91 Å². The van der Waals surface area contributed by atoms with Crippen LogP contribution in [-0.4, -0.2) is 42.1 Å². The van der Waals surface area contributed by atoms with E-state index in [1.807, 2.05) is 0 Å². The summed E-state index contributed by atoms with van der Waals surface area (Å²) in [5.41, 5.74) is 3.59. The van der Waals surface area contributed by atoms with Crippen molar-refractivity contribution in [3.8, 4) is 5.75 Å². The van der Waals surface area contributed by atoms with Gasteiger partial charge in [-0.15, -0.1) is 0 Å². The number of carbonyl (C=O) groups is 2. The minimum absolute atomic E-state index is 0.0111. The highest BCUT2D eigenvalue weighted by Gasteiger charge is 2.18. The lowest BCUT2D eigenvalue weighted by molar-refractivity contribution is -0.135. The summed E-state index contributed by atoms with van der Waals surface area (Å²) in [5, 5.41) is 3.99. The largest absolute Gasteiger partial charge is 0.435 e. The first-order valence-corrected chi connectivity index (χ1v) is 8.12. The molecule has 0 saturated carbocycles. The third-order valence-electron chi connectivity index (χ3n) is 3.85. The molecular weight excluding hydrogens is 332 g/mol. The van der Waals surface area contributed by atoms with Crippen LogP contribution in [0.2, 0.25) is 0 Å². The molecule has 1 aliphatic rings. The van der Waals surface area contributed by atoms with E-state index < -0.39 is 6.61 Å². The van der Waals surface area contributed by atoms with Gasteiger partial charge in [-0.25, -0.2) is 5.43 Å². The quantitative estimate of drug-likeness (QED) is 0.631. The molecule has 1 aromatic rings. The summed E-state index contributed by atoms with van der Waals surface area (Å²) in [4.78, 5) is 25.4. The van der Waals surface area contributed by atoms with Crippen LogP contribution in [0, 0.1) is 0 Å². The van der Waals surface area contributed by atoms with Gasteiger partial charge < -0.3 is 9.64 Å². The van der Waals surface area contributed by atoms with Crippen LogP contribution in [0.15, 0.2) is 29.4 Å². The number of likely N-dealkylation sites (tertiary alicyclic amines) is 1. The Bertz CT molecular complexity index is 633. The second-order valence-electron chi connectivity index (χ2n) is 5.76. The number of nitrogens with one attached hydrogen (secondary N) is 1. The van der Waals surface area contributed by atoms with Crippen molar-refractivity contribution in [1.29, 1.82) is 0 Å². The number of hydrogen-bond donors (Lipinski definition) is 1. The predicted molar refractivity (Wildman–Crippen MR) is 88.5 cm³/mol. The summed E-state index contributed by atoms with van der Waals surface area (Å²) in [7, 11) is 0. The molecule has 0 unspecified atom stereocenters. The van der Waals surface area contributed by atoms with Crippen molar-refractivity contribution in [1.82, 2.24) is 10.3 Å². The van der Waals surface area contributed by atoms with E-state index >= 15 is 0 Å². The topological polar surface area (TPSA) is 71.0 Å². The molecule has 2 rings (SSSR count). The molecule has 1 heterocycles. The molecular formula is C17H21F2N3O3. The number of alkyl halides is 2. The molecule has 25 heavy (non-hydrogen) atoms. The van der Waals surface area contributed by atoms with E-state index in [-0.39, 0.29) is 24.1 Å². The molecule has 8 heteroatoms. The third-order valence-corrected chi connectivity index (χ3v) is 3.85. The molecule has 0 aliphatic carbocycles. The van der Waals surface area contributed by atoms with Gasteiger partial charge in [-0.05, 0) is 49.6 Å². The SMILES string of the molecule is C/C(=N/NC(=O)CN1CCCCCC1=O)c1ccc(OC(F)F)cc1. The van der Waals surface area contributed by atoms with Crippen molar-refractivity contribution in [3.63, 3.8) is 0 Å². The summed E-state index contributed by atoms with van der Waals surface area (Å²) in [6.45, 7) is -0.626. The Morgan fingerprint density at radius 3 is 2.68 bits per heavy atom. The van der Waals surface area contributed by atoms with Gasteiger partial charge in [-0.1, -0.05) is 6.42 Å². The highest BCUT2D eigenvalue weighted by Crippen LogP contribution is 2.15. The molecule has 2 amide bonds. The van der Waals surface area contributed by atoms with Crippen LogP contribution in [-0.2, 0) is 9.59 Å². The van der Waals surface area contributed by atoms with E-state index in [0.29, 0.717) is 24.2 Å². The standard InChI is InChI=1S/C17H21F2N3O3/c1-12(13-6-8-14(9-7-13)25-17(18)19)20-21-15(23)11-22-10-4-2-3-5-16(22)24/h6-9,17H,2-5,10-11H2,1H3,(H,21,23)/b20-12-. The number of nitrogens with zero attached hydrogens (tertiary/aromatic N) is 2. The van der Waals surface area contributed by atoms with E-state index in [1.54, 1.807) is 24.0 Å². The Kier molecular flexibility index (Phi) is 6.85. The second kappa shape index (κ2) is 9.10. The molecule has 6 nitrogen and oxygen atoms in total. The molecule has 1 saturated heterocycles. The minimum Gasteiger partial charge on any atom is -0.435 e. The van der Waals surface area contributed by atoms with Gasteiger partial charge in [0.15, 0.2) is 0 Å². The minimum atomic E-state index is -2.87. The Hall–Kier alpha value is -2.51. The monoisotopic (exact) mass is 353 g/mol. The molecule has 0 spiro atoms. The molecule has 0 radical (unpaired) electrons. The van der Waals surface area contributed by atoms with Gasteiger partial charge in [0.1, 0.15) is 12.3 Å².